The zero-order chi connectivity index (χ0) is 14.6. The number of ether oxygens (including phenoxy) is 4. The molecule has 0 rings (SSSR count). The van der Waals surface area contributed by atoms with Gasteiger partial charge in [0.05, 0.1) is 33.0 Å². The maximum atomic E-state index is 11.6. The van der Waals surface area contributed by atoms with Crippen LogP contribution < -0.4 is 5.73 Å². The molecule has 0 aliphatic rings. The van der Waals surface area contributed by atoms with Gasteiger partial charge in [-0.1, -0.05) is 13.3 Å². The maximum absolute atomic E-state index is 11.6. The Hall–Kier alpha value is -0.690. The van der Waals surface area contributed by atoms with Crippen molar-refractivity contribution in [2.45, 2.75) is 32.2 Å². The molecule has 0 spiro atoms. The molecule has 0 bridgehead atoms. The van der Waals surface area contributed by atoms with Gasteiger partial charge in [-0.25, -0.2) is 0 Å². The summed E-state index contributed by atoms with van der Waals surface area (Å²) in [6, 6.07) is 0. The molecule has 6 nitrogen and oxygen atoms in total. The summed E-state index contributed by atoms with van der Waals surface area (Å²) in [6.45, 7) is 6.32. The van der Waals surface area contributed by atoms with Crippen LogP contribution in [0.25, 0.3) is 0 Å². The second-order valence-electron chi connectivity index (χ2n) is 4.52. The van der Waals surface area contributed by atoms with Crippen molar-refractivity contribution in [1.82, 2.24) is 0 Å². The minimum absolute atomic E-state index is 0.216. The topological polar surface area (TPSA) is 80.0 Å². The number of carbonyl (C=O) groups excluding carboxylic acids is 1. The molecule has 1 atom stereocenters. The number of hydrogen-bond donors (Lipinski definition) is 1. The molecule has 0 saturated heterocycles. The first kappa shape index (κ1) is 18.3. The van der Waals surface area contributed by atoms with Crippen LogP contribution in [0.1, 0.15) is 26.7 Å². The van der Waals surface area contributed by atoms with Gasteiger partial charge in [-0.15, -0.1) is 0 Å². The molecule has 0 radical (unpaired) electrons. The lowest BCUT2D eigenvalue weighted by Gasteiger charge is -2.21. The smallest absolute Gasteiger partial charge is 0.325 e. The van der Waals surface area contributed by atoms with Crippen molar-refractivity contribution < 1.29 is 23.7 Å². The molecule has 0 saturated carbocycles. The van der Waals surface area contributed by atoms with Crippen LogP contribution in [0.4, 0.5) is 0 Å². The van der Waals surface area contributed by atoms with Crippen molar-refractivity contribution >= 4 is 5.97 Å². The van der Waals surface area contributed by atoms with Crippen LogP contribution in [-0.4, -0.2) is 58.3 Å². The lowest BCUT2D eigenvalue weighted by atomic mass is 9.98. The molecule has 0 heterocycles. The third-order valence-corrected chi connectivity index (χ3v) is 2.50. The number of rotatable bonds is 12. The summed E-state index contributed by atoms with van der Waals surface area (Å²) in [5.74, 6) is -0.380. The van der Waals surface area contributed by atoms with Crippen molar-refractivity contribution in [2.24, 2.45) is 5.73 Å². The van der Waals surface area contributed by atoms with Crippen LogP contribution in [0.5, 0.6) is 0 Å². The molecule has 19 heavy (non-hydrogen) atoms. The summed E-state index contributed by atoms with van der Waals surface area (Å²) in [5.41, 5.74) is 4.93. The van der Waals surface area contributed by atoms with Crippen LogP contribution in [-0.2, 0) is 23.7 Å². The van der Waals surface area contributed by atoms with Crippen molar-refractivity contribution in [3.63, 3.8) is 0 Å². The fourth-order valence-electron chi connectivity index (χ4n) is 1.44. The Labute approximate surface area is 115 Å². The highest BCUT2D eigenvalue weighted by Crippen LogP contribution is 2.10. The van der Waals surface area contributed by atoms with E-state index in [2.05, 4.69) is 0 Å². The van der Waals surface area contributed by atoms with Crippen LogP contribution in [0.15, 0.2) is 0 Å². The van der Waals surface area contributed by atoms with Crippen LogP contribution in [0.2, 0.25) is 0 Å². The van der Waals surface area contributed by atoms with Crippen molar-refractivity contribution in [1.29, 1.82) is 0 Å². The summed E-state index contributed by atoms with van der Waals surface area (Å²) in [5, 5.41) is 0. The Morgan fingerprint density at radius 3 is 2.11 bits per heavy atom. The standard InChI is InChI=1S/C13H27NO5/c1-4-5-13(2,14)12(15)19-11-10-18-9-8-17-7-6-16-3/h4-11,14H2,1-3H3. The van der Waals surface area contributed by atoms with Gasteiger partial charge in [0.2, 0.25) is 0 Å². The van der Waals surface area contributed by atoms with Crippen molar-refractivity contribution in [3.8, 4) is 0 Å². The lowest BCUT2D eigenvalue weighted by Crippen LogP contribution is -2.46. The van der Waals surface area contributed by atoms with Crippen molar-refractivity contribution in [2.75, 3.05) is 46.8 Å². The van der Waals surface area contributed by atoms with Crippen molar-refractivity contribution in [3.05, 3.63) is 0 Å². The Morgan fingerprint density at radius 2 is 1.58 bits per heavy atom. The average molecular weight is 277 g/mol. The minimum atomic E-state index is -0.905. The quantitative estimate of drug-likeness (QED) is 0.418. The van der Waals surface area contributed by atoms with E-state index >= 15 is 0 Å². The Morgan fingerprint density at radius 1 is 1.05 bits per heavy atom. The number of methoxy groups -OCH3 is 1. The van der Waals surface area contributed by atoms with Crippen LogP contribution in [0.3, 0.4) is 0 Å². The summed E-state index contributed by atoms with van der Waals surface area (Å²) in [6.07, 6.45) is 1.46. The van der Waals surface area contributed by atoms with Gasteiger partial charge in [0, 0.05) is 7.11 Å². The van der Waals surface area contributed by atoms with Gasteiger partial charge in [-0.2, -0.15) is 0 Å². The lowest BCUT2D eigenvalue weighted by molar-refractivity contribution is -0.151. The minimum Gasteiger partial charge on any atom is -0.462 e. The van der Waals surface area contributed by atoms with Gasteiger partial charge in [-0.05, 0) is 13.3 Å². The Kier molecular flexibility index (Phi) is 10.8. The van der Waals surface area contributed by atoms with E-state index in [1.165, 1.54) is 0 Å². The number of carbonyl (C=O) groups is 1. The molecule has 1 unspecified atom stereocenters. The molecule has 0 aromatic rings. The van der Waals surface area contributed by atoms with E-state index in [0.29, 0.717) is 39.5 Å². The summed E-state index contributed by atoms with van der Waals surface area (Å²) in [7, 11) is 1.62. The highest BCUT2D eigenvalue weighted by Gasteiger charge is 2.28. The molecule has 0 amide bonds. The Bertz CT molecular complexity index is 233. The second kappa shape index (κ2) is 11.2. The van der Waals surface area contributed by atoms with E-state index in [4.69, 9.17) is 24.7 Å². The van der Waals surface area contributed by atoms with Gasteiger partial charge < -0.3 is 24.7 Å². The summed E-state index contributed by atoms with van der Waals surface area (Å²) >= 11 is 0. The molecule has 0 aromatic carbocycles. The van der Waals surface area contributed by atoms with E-state index in [1.807, 2.05) is 6.92 Å². The highest BCUT2D eigenvalue weighted by atomic mass is 16.6. The van der Waals surface area contributed by atoms with E-state index < -0.39 is 5.54 Å². The first-order valence-electron chi connectivity index (χ1n) is 6.65. The number of nitrogens with two attached hydrogens (primary N) is 1. The molecule has 6 heteroatoms. The number of esters is 1. The fraction of sp³-hybridized carbons (Fsp3) is 0.923. The molecule has 0 aliphatic carbocycles. The molecule has 0 fully saturated rings. The average Bonchev–Trinajstić information content (AvgIpc) is 2.36. The molecule has 0 aliphatic heterocycles. The Balaban J connectivity index is 3.41. The zero-order valence-corrected chi connectivity index (χ0v) is 12.3. The first-order valence-corrected chi connectivity index (χ1v) is 6.65. The predicted molar refractivity (Wildman–Crippen MR) is 72.0 cm³/mol. The molecule has 114 valence electrons. The summed E-state index contributed by atoms with van der Waals surface area (Å²) in [4.78, 5) is 11.6. The normalized spacial score (nSPS) is 14.1. The van der Waals surface area contributed by atoms with Gasteiger partial charge >= 0.3 is 5.97 Å². The third kappa shape index (κ3) is 9.84. The van der Waals surface area contributed by atoms with E-state index in [0.717, 1.165) is 6.42 Å². The SMILES string of the molecule is CCCC(C)(N)C(=O)OCCOCCOCCOC. The summed E-state index contributed by atoms with van der Waals surface area (Å²) < 4.78 is 20.3. The molecular weight excluding hydrogens is 250 g/mol. The highest BCUT2D eigenvalue weighted by molar-refractivity contribution is 5.79. The number of hydrogen-bond acceptors (Lipinski definition) is 6. The second-order valence-corrected chi connectivity index (χ2v) is 4.52. The maximum Gasteiger partial charge on any atom is 0.325 e. The first-order chi connectivity index (χ1) is 9.04. The van der Waals surface area contributed by atoms with E-state index in [9.17, 15) is 4.79 Å². The van der Waals surface area contributed by atoms with Gasteiger partial charge in [0.1, 0.15) is 12.1 Å². The van der Waals surface area contributed by atoms with Crippen LogP contribution >= 0.6 is 0 Å². The van der Waals surface area contributed by atoms with Gasteiger partial charge in [0.25, 0.3) is 0 Å². The molecule has 0 aromatic heterocycles. The third-order valence-electron chi connectivity index (χ3n) is 2.50. The largest absolute Gasteiger partial charge is 0.462 e. The molecular formula is C13H27NO5. The predicted octanol–water partition coefficient (Wildman–Crippen LogP) is 0.727. The van der Waals surface area contributed by atoms with E-state index in [1.54, 1.807) is 14.0 Å². The van der Waals surface area contributed by atoms with Crippen LogP contribution in [0, 0.1) is 0 Å². The molecule has 2 N–H and O–H groups in total. The monoisotopic (exact) mass is 277 g/mol. The van der Waals surface area contributed by atoms with Gasteiger partial charge in [0.15, 0.2) is 0 Å². The zero-order valence-electron chi connectivity index (χ0n) is 12.3. The van der Waals surface area contributed by atoms with E-state index in [-0.39, 0.29) is 12.6 Å². The van der Waals surface area contributed by atoms with Gasteiger partial charge in [-0.3, -0.25) is 4.79 Å². The fourth-order valence-corrected chi connectivity index (χ4v) is 1.44.